The first kappa shape index (κ1) is 12.3. The Kier molecular flexibility index (Phi) is 3.35. The Morgan fingerprint density at radius 3 is 2.76 bits per heavy atom. The van der Waals surface area contributed by atoms with Gasteiger partial charge in [0.05, 0.1) is 6.10 Å². The van der Waals surface area contributed by atoms with Crippen LogP contribution in [0.15, 0.2) is 18.3 Å². The maximum atomic E-state index is 9.97. The fourth-order valence-electron chi connectivity index (χ4n) is 2.43. The van der Waals surface area contributed by atoms with Crippen LogP contribution in [0.4, 0.5) is 5.82 Å². The molecule has 4 N–H and O–H groups in total. The number of aliphatic hydroxyl groups is 1. The highest BCUT2D eigenvalue weighted by molar-refractivity contribution is 5.30. The average Bonchev–Trinajstić information content (AvgIpc) is 2.24. The molecule has 0 spiro atoms. The van der Waals surface area contributed by atoms with Gasteiger partial charge in [0.1, 0.15) is 5.82 Å². The molecule has 0 amide bonds. The molecule has 0 aromatic carbocycles. The van der Waals surface area contributed by atoms with E-state index in [0.29, 0.717) is 23.8 Å². The Morgan fingerprint density at radius 2 is 2.24 bits per heavy atom. The van der Waals surface area contributed by atoms with Gasteiger partial charge in [-0.25, -0.2) is 4.98 Å². The monoisotopic (exact) mass is 235 g/mol. The summed E-state index contributed by atoms with van der Waals surface area (Å²) in [6.07, 6.45) is 3.48. The SMILES string of the molecule is CC1(C)CC(NCC(O)c2ccc(N)nc2)C1. The molecule has 1 aliphatic carbocycles. The first-order chi connectivity index (χ1) is 7.96. The van der Waals surface area contributed by atoms with E-state index in [-0.39, 0.29) is 0 Å². The normalized spacial score (nSPS) is 20.9. The van der Waals surface area contributed by atoms with Crippen molar-refractivity contribution in [3.63, 3.8) is 0 Å². The van der Waals surface area contributed by atoms with E-state index < -0.39 is 6.10 Å². The lowest BCUT2D eigenvalue weighted by Gasteiger charge is -2.43. The maximum Gasteiger partial charge on any atom is 0.123 e. The Hall–Kier alpha value is -1.13. The van der Waals surface area contributed by atoms with Crippen molar-refractivity contribution in [1.29, 1.82) is 0 Å². The molecule has 1 aliphatic rings. The van der Waals surface area contributed by atoms with Crippen molar-refractivity contribution in [3.05, 3.63) is 23.9 Å². The highest BCUT2D eigenvalue weighted by Gasteiger charge is 2.35. The zero-order chi connectivity index (χ0) is 12.5. The summed E-state index contributed by atoms with van der Waals surface area (Å²) in [6, 6.07) is 4.08. The zero-order valence-corrected chi connectivity index (χ0v) is 10.5. The average molecular weight is 235 g/mol. The lowest BCUT2D eigenvalue weighted by atomic mass is 9.68. The van der Waals surface area contributed by atoms with Crippen LogP contribution in [-0.2, 0) is 0 Å². The fraction of sp³-hybridized carbons (Fsp3) is 0.615. The van der Waals surface area contributed by atoms with E-state index in [1.54, 1.807) is 12.3 Å². The summed E-state index contributed by atoms with van der Waals surface area (Å²) in [7, 11) is 0. The molecule has 1 heterocycles. The van der Waals surface area contributed by atoms with Gasteiger partial charge < -0.3 is 16.2 Å². The zero-order valence-electron chi connectivity index (χ0n) is 10.5. The lowest BCUT2D eigenvalue weighted by molar-refractivity contribution is 0.102. The quantitative estimate of drug-likeness (QED) is 0.739. The van der Waals surface area contributed by atoms with Crippen molar-refractivity contribution in [3.8, 4) is 0 Å². The van der Waals surface area contributed by atoms with E-state index in [2.05, 4.69) is 24.1 Å². The number of anilines is 1. The third kappa shape index (κ3) is 3.17. The molecule has 1 saturated carbocycles. The van der Waals surface area contributed by atoms with E-state index in [4.69, 9.17) is 5.73 Å². The third-order valence-electron chi connectivity index (χ3n) is 3.39. The Labute approximate surface area is 102 Å². The molecule has 1 aromatic heterocycles. The predicted octanol–water partition coefficient (Wildman–Crippen LogP) is 1.48. The Bertz CT molecular complexity index is 367. The lowest BCUT2D eigenvalue weighted by Crippen LogP contribution is -2.47. The van der Waals surface area contributed by atoms with Crippen molar-refractivity contribution in [2.75, 3.05) is 12.3 Å². The molecular formula is C13H21N3O. The number of nitrogens with two attached hydrogens (primary N) is 1. The molecule has 94 valence electrons. The number of pyridine rings is 1. The van der Waals surface area contributed by atoms with Gasteiger partial charge in [-0.1, -0.05) is 19.9 Å². The fourth-order valence-corrected chi connectivity index (χ4v) is 2.43. The van der Waals surface area contributed by atoms with Gasteiger partial charge in [-0.3, -0.25) is 0 Å². The summed E-state index contributed by atoms with van der Waals surface area (Å²) in [4.78, 5) is 3.97. The summed E-state index contributed by atoms with van der Waals surface area (Å²) >= 11 is 0. The van der Waals surface area contributed by atoms with Gasteiger partial charge in [0.15, 0.2) is 0 Å². The second-order valence-corrected chi connectivity index (χ2v) is 5.71. The third-order valence-corrected chi connectivity index (χ3v) is 3.39. The van der Waals surface area contributed by atoms with E-state index in [0.717, 1.165) is 5.56 Å². The van der Waals surface area contributed by atoms with Crippen molar-refractivity contribution in [2.45, 2.75) is 38.8 Å². The van der Waals surface area contributed by atoms with Crippen LogP contribution < -0.4 is 11.1 Å². The van der Waals surface area contributed by atoms with Crippen molar-refractivity contribution < 1.29 is 5.11 Å². The minimum absolute atomic E-state index is 0.464. The number of nitrogen functional groups attached to an aromatic ring is 1. The summed E-state index contributed by atoms with van der Waals surface area (Å²) in [5.74, 6) is 0.481. The summed E-state index contributed by atoms with van der Waals surface area (Å²) in [5, 5.41) is 13.3. The first-order valence-corrected chi connectivity index (χ1v) is 6.09. The van der Waals surface area contributed by atoms with Crippen molar-refractivity contribution in [2.24, 2.45) is 5.41 Å². The molecule has 0 bridgehead atoms. The number of hydrogen-bond donors (Lipinski definition) is 3. The highest BCUT2D eigenvalue weighted by Crippen LogP contribution is 2.39. The predicted molar refractivity (Wildman–Crippen MR) is 68.4 cm³/mol. The topological polar surface area (TPSA) is 71.2 Å². The van der Waals surface area contributed by atoms with Gasteiger partial charge in [-0.2, -0.15) is 0 Å². The Morgan fingerprint density at radius 1 is 1.53 bits per heavy atom. The standard InChI is InChI=1S/C13H21N3O/c1-13(2)5-10(6-13)15-8-11(17)9-3-4-12(14)16-7-9/h3-4,7,10-11,15,17H,5-6,8H2,1-2H3,(H2,14,16). The summed E-state index contributed by atoms with van der Waals surface area (Å²) in [6.45, 7) is 5.11. The van der Waals surface area contributed by atoms with Gasteiger partial charge in [0.2, 0.25) is 0 Å². The molecule has 1 atom stereocenters. The number of aromatic nitrogens is 1. The first-order valence-electron chi connectivity index (χ1n) is 6.09. The molecular weight excluding hydrogens is 214 g/mol. The van der Waals surface area contributed by atoms with Crippen LogP contribution in [0.3, 0.4) is 0 Å². The minimum Gasteiger partial charge on any atom is -0.387 e. The molecule has 1 fully saturated rings. The van der Waals surface area contributed by atoms with Gasteiger partial charge in [-0.05, 0) is 24.3 Å². The molecule has 0 aliphatic heterocycles. The van der Waals surface area contributed by atoms with Crippen LogP contribution in [0.2, 0.25) is 0 Å². The summed E-state index contributed by atoms with van der Waals surface area (Å²) < 4.78 is 0. The van der Waals surface area contributed by atoms with E-state index in [1.165, 1.54) is 12.8 Å². The van der Waals surface area contributed by atoms with Gasteiger partial charge in [0.25, 0.3) is 0 Å². The number of nitrogens with one attached hydrogen (secondary N) is 1. The number of nitrogens with zero attached hydrogens (tertiary/aromatic N) is 1. The Balaban J connectivity index is 1.78. The molecule has 1 unspecified atom stereocenters. The smallest absolute Gasteiger partial charge is 0.123 e. The molecule has 0 saturated heterocycles. The van der Waals surface area contributed by atoms with Gasteiger partial charge >= 0.3 is 0 Å². The number of hydrogen-bond acceptors (Lipinski definition) is 4. The van der Waals surface area contributed by atoms with Crippen LogP contribution >= 0.6 is 0 Å². The van der Waals surface area contributed by atoms with Crippen LogP contribution in [0.1, 0.15) is 38.4 Å². The van der Waals surface area contributed by atoms with Crippen LogP contribution in [0.25, 0.3) is 0 Å². The van der Waals surface area contributed by atoms with Gasteiger partial charge in [0, 0.05) is 24.3 Å². The van der Waals surface area contributed by atoms with Crippen LogP contribution in [0, 0.1) is 5.41 Å². The largest absolute Gasteiger partial charge is 0.387 e. The molecule has 2 rings (SSSR count). The molecule has 1 aromatic rings. The van der Waals surface area contributed by atoms with E-state index in [1.807, 2.05) is 6.07 Å². The van der Waals surface area contributed by atoms with E-state index in [9.17, 15) is 5.11 Å². The molecule has 0 radical (unpaired) electrons. The van der Waals surface area contributed by atoms with E-state index >= 15 is 0 Å². The minimum atomic E-state index is -0.508. The highest BCUT2D eigenvalue weighted by atomic mass is 16.3. The molecule has 4 nitrogen and oxygen atoms in total. The van der Waals surface area contributed by atoms with Crippen molar-refractivity contribution in [1.82, 2.24) is 10.3 Å². The van der Waals surface area contributed by atoms with Crippen LogP contribution in [-0.4, -0.2) is 22.7 Å². The molecule has 17 heavy (non-hydrogen) atoms. The van der Waals surface area contributed by atoms with Crippen molar-refractivity contribution >= 4 is 5.82 Å². The number of aliphatic hydroxyl groups excluding tert-OH is 1. The molecule has 4 heteroatoms. The number of rotatable bonds is 4. The second-order valence-electron chi connectivity index (χ2n) is 5.71. The second kappa shape index (κ2) is 4.63. The maximum absolute atomic E-state index is 9.97. The van der Waals surface area contributed by atoms with Crippen LogP contribution in [0.5, 0.6) is 0 Å². The van der Waals surface area contributed by atoms with Gasteiger partial charge in [-0.15, -0.1) is 0 Å². The summed E-state index contributed by atoms with van der Waals surface area (Å²) in [5.41, 5.74) is 6.78.